The first kappa shape index (κ1) is 13.2. The third-order valence-electron chi connectivity index (χ3n) is 2.17. The van der Waals surface area contributed by atoms with Gasteiger partial charge in [0.15, 0.2) is 17.0 Å². The van der Waals surface area contributed by atoms with Gasteiger partial charge in [-0.15, -0.1) is 0 Å². The molecule has 0 unspecified atom stereocenters. The lowest BCUT2D eigenvalue weighted by molar-refractivity contribution is 0.869. The fourth-order valence-electron chi connectivity index (χ4n) is 1.36. The van der Waals surface area contributed by atoms with Crippen molar-refractivity contribution in [1.82, 2.24) is 19.5 Å². The number of aryl methyl sites for hydroxylation is 1. The summed E-state index contributed by atoms with van der Waals surface area (Å²) in [5.74, 6) is 6.53. The second-order valence-electron chi connectivity index (χ2n) is 3.22. The number of hydrogen-bond acceptors (Lipinski definition) is 6. The zero-order chi connectivity index (χ0) is 13.0. The molecule has 2 rings (SSSR count). The molecule has 0 atom stereocenters. The number of aromatic nitrogens is 4. The molecule has 0 amide bonds. The van der Waals surface area contributed by atoms with E-state index in [-0.39, 0.29) is 5.95 Å². The summed E-state index contributed by atoms with van der Waals surface area (Å²) < 4.78 is 1.78. The van der Waals surface area contributed by atoms with Crippen LogP contribution in [0.5, 0.6) is 0 Å². The maximum atomic E-state index is 5.78. The molecule has 7 heteroatoms. The van der Waals surface area contributed by atoms with Crippen LogP contribution < -0.4 is 16.6 Å². The molecule has 0 bridgehead atoms. The fraction of sp³-hybridized carbons (Fsp3) is 0.500. The summed E-state index contributed by atoms with van der Waals surface area (Å²) in [5.41, 5.74) is 6.94. The molecular weight excluding hydrogens is 218 g/mol. The highest BCUT2D eigenvalue weighted by Gasteiger charge is 2.13. The third kappa shape index (κ3) is 2.44. The molecule has 0 saturated carbocycles. The summed E-state index contributed by atoms with van der Waals surface area (Å²) in [5, 5.41) is 1.49. The molecule has 0 aliphatic heterocycles. The van der Waals surface area contributed by atoms with Crippen molar-refractivity contribution in [1.29, 1.82) is 0 Å². The Labute approximate surface area is 100 Å². The van der Waals surface area contributed by atoms with Crippen LogP contribution >= 0.6 is 0 Å². The molecule has 0 spiro atoms. The normalized spacial score (nSPS) is 9.94. The molecule has 0 aromatic carbocycles. The number of hydrogen-bond donors (Lipinski definition) is 2. The van der Waals surface area contributed by atoms with Gasteiger partial charge in [0.25, 0.3) is 0 Å². The molecule has 0 aliphatic rings. The Bertz CT molecular complexity index is 491. The van der Waals surface area contributed by atoms with Gasteiger partial charge in [-0.3, -0.25) is 5.01 Å². The number of anilines is 2. The van der Waals surface area contributed by atoms with E-state index < -0.39 is 0 Å². The van der Waals surface area contributed by atoms with Gasteiger partial charge >= 0.3 is 0 Å². The smallest absolute Gasteiger partial charge is 0.224 e. The molecule has 2 heterocycles. The summed E-state index contributed by atoms with van der Waals surface area (Å²) >= 11 is 0. The summed E-state index contributed by atoms with van der Waals surface area (Å²) in [7, 11) is 1.85. The monoisotopic (exact) mass is 237 g/mol. The van der Waals surface area contributed by atoms with E-state index in [1.54, 1.807) is 10.9 Å². The van der Waals surface area contributed by atoms with Crippen LogP contribution in [0.1, 0.15) is 20.8 Å². The Morgan fingerprint density at radius 2 is 2.00 bits per heavy atom. The standard InChI is InChI=1S/C8H13N7.C2H6/c1-3-15(10)7-5-6(12-8(9)13-7)14(2)4-11-5;1-2/h4H,3,10H2,1-2H3,(H2,9,12,13);1-2H3. The van der Waals surface area contributed by atoms with Crippen LogP contribution in [0.25, 0.3) is 11.2 Å². The molecular formula is C10H19N7. The van der Waals surface area contributed by atoms with E-state index in [0.29, 0.717) is 23.5 Å². The summed E-state index contributed by atoms with van der Waals surface area (Å²) in [4.78, 5) is 12.4. The van der Waals surface area contributed by atoms with E-state index in [9.17, 15) is 0 Å². The second kappa shape index (κ2) is 5.44. The maximum Gasteiger partial charge on any atom is 0.224 e. The molecule has 4 N–H and O–H groups in total. The SMILES string of the molecule is CC.CCN(N)c1nc(N)nc2c1ncn2C. The van der Waals surface area contributed by atoms with Gasteiger partial charge in [0.1, 0.15) is 0 Å². The minimum atomic E-state index is 0.199. The highest BCUT2D eigenvalue weighted by atomic mass is 15.4. The van der Waals surface area contributed by atoms with Gasteiger partial charge in [-0.2, -0.15) is 9.97 Å². The topological polar surface area (TPSA) is 98.9 Å². The number of nitrogens with zero attached hydrogens (tertiary/aromatic N) is 5. The van der Waals surface area contributed by atoms with Crippen molar-refractivity contribution in [3.05, 3.63) is 6.33 Å². The molecule has 0 saturated heterocycles. The summed E-state index contributed by atoms with van der Waals surface area (Å²) in [6, 6.07) is 0. The Morgan fingerprint density at radius 3 is 2.59 bits per heavy atom. The van der Waals surface area contributed by atoms with Crippen LogP contribution in [0, 0.1) is 0 Å². The molecule has 2 aromatic rings. The van der Waals surface area contributed by atoms with Crippen LogP contribution in [0.3, 0.4) is 0 Å². The van der Waals surface area contributed by atoms with Crippen molar-refractivity contribution in [2.24, 2.45) is 12.9 Å². The van der Waals surface area contributed by atoms with Crippen LogP contribution in [0.15, 0.2) is 6.33 Å². The second-order valence-corrected chi connectivity index (χ2v) is 3.22. The quantitative estimate of drug-likeness (QED) is 0.588. The lowest BCUT2D eigenvalue weighted by Gasteiger charge is -2.15. The van der Waals surface area contributed by atoms with Crippen molar-refractivity contribution in [3.63, 3.8) is 0 Å². The highest BCUT2D eigenvalue weighted by Crippen LogP contribution is 2.20. The Balaban J connectivity index is 0.000000686. The first-order valence-electron chi connectivity index (χ1n) is 5.60. The van der Waals surface area contributed by atoms with Crippen molar-refractivity contribution in [2.75, 3.05) is 17.3 Å². The van der Waals surface area contributed by atoms with E-state index in [2.05, 4.69) is 15.0 Å². The minimum absolute atomic E-state index is 0.199. The summed E-state index contributed by atoms with van der Waals surface area (Å²) in [6.45, 7) is 6.55. The Kier molecular flexibility index (Phi) is 4.22. The number of rotatable bonds is 2. The van der Waals surface area contributed by atoms with Crippen molar-refractivity contribution < 1.29 is 0 Å². The molecule has 0 radical (unpaired) electrons. The largest absolute Gasteiger partial charge is 0.368 e. The average molecular weight is 237 g/mol. The fourth-order valence-corrected chi connectivity index (χ4v) is 1.36. The molecule has 0 aliphatic carbocycles. The maximum absolute atomic E-state index is 5.78. The average Bonchev–Trinajstić information content (AvgIpc) is 2.72. The number of nitrogens with two attached hydrogens (primary N) is 2. The first-order chi connectivity index (χ1) is 8.13. The molecule has 2 aromatic heterocycles. The van der Waals surface area contributed by atoms with Gasteiger partial charge < -0.3 is 10.3 Å². The summed E-state index contributed by atoms with van der Waals surface area (Å²) in [6.07, 6.45) is 1.66. The lowest BCUT2D eigenvalue weighted by Crippen LogP contribution is -2.31. The van der Waals surface area contributed by atoms with Crippen LogP contribution in [-0.2, 0) is 7.05 Å². The zero-order valence-electron chi connectivity index (χ0n) is 10.7. The molecule has 7 nitrogen and oxygen atoms in total. The van der Waals surface area contributed by atoms with Gasteiger partial charge in [-0.05, 0) is 6.92 Å². The minimum Gasteiger partial charge on any atom is -0.368 e. The van der Waals surface area contributed by atoms with Gasteiger partial charge in [0, 0.05) is 13.6 Å². The van der Waals surface area contributed by atoms with Crippen LogP contribution in [-0.4, -0.2) is 26.1 Å². The molecule has 0 fully saturated rings. The predicted octanol–water partition coefficient (Wildman–Crippen LogP) is 0.672. The van der Waals surface area contributed by atoms with Crippen molar-refractivity contribution >= 4 is 22.9 Å². The van der Waals surface area contributed by atoms with Gasteiger partial charge in [-0.1, -0.05) is 13.8 Å². The van der Waals surface area contributed by atoms with E-state index in [1.807, 2.05) is 27.8 Å². The zero-order valence-corrected chi connectivity index (χ0v) is 10.7. The number of fused-ring (bicyclic) bond motifs is 1. The molecule has 17 heavy (non-hydrogen) atoms. The van der Waals surface area contributed by atoms with E-state index in [4.69, 9.17) is 11.6 Å². The third-order valence-corrected chi connectivity index (χ3v) is 2.17. The van der Waals surface area contributed by atoms with Gasteiger partial charge in [0.2, 0.25) is 5.95 Å². The Hall–Kier alpha value is -1.89. The van der Waals surface area contributed by atoms with E-state index in [0.717, 1.165) is 0 Å². The van der Waals surface area contributed by atoms with Crippen LogP contribution in [0.2, 0.25) is 0 Å². The molecule has 94 valence electrons. The number of imidazole rings is 1. The first-order valence-corrected chi connectivity index (χ1v) is 5.60. The lowest BCUT2D eigenvalue weighted by atomic mass is 10.4. The number of hydrazine groups is 1. The Morgan fingerprint density at radius 1 is 1.35 bits per heavy atom. The highest BCUT2D eigenvalue weighted by molar-refractivity contribution is 5.84. The van der Waals surface area contributed by atoms with E-state index in [1.165, 1.54) is 5.01 Å². The van der Waals surface area contributed by atoms with Crippen LogP contribution in [0.4, 0.5) is 11.8 Å². The van der Waals surface area contributed by atoms with E-state index >= 15 is 0 Å². The van der Waals surface area contributed by atoms with Crippen molar-refractivity contribution in [3.8, 4) is 0 Å². The predicted molar refractivity (Wildman–Crippen MR) is 69.3 cm³/mol. The van der Waals surface area contributed by atoms with Gasteiger partial charge in [-0.25, -0.2) is 10.8 Å². The number of nitrogen functional groups attached to an aromatic ring is 1. The van der Waals surface area contributed by atoms with Crippen molar-refractivity contribution in [2.45, 2.75) is 20.8 Å². The van der Waals surface area contributed by atoms with Gasteiger partial charge in [0.05, 0.1) is 6.33 Å².